The molecule has 2 aromatic rings. The molecule has 6 nitrogen and oxygen atoms in total. The van der Waals surface area contributed by atoms with Crippen molar-refractivity contribution >= 4 is 40.4 Å². The maximum absolute atomic E-state index is 10.2. The lowest BCUT2D eigenvalue weighted by atomic mass is 10.5. The predicted octanol–water partition coefficient (Wildman–Crippen LogP) is 2.20. The van der Waals surface area contributed by atoms with Crippen LogP contribution in [0.25, 0.3) is 0 Å². The first-order valence-corrected chi connectivity index (χ1v) is 6.10. The summed E-state index contributed by atoms with van der Waals surface area (Å²) in [5.74, 6) is 1.20. The van der Waals surface area contributed by atoms with Gasteiger partial charge in [-0.05, 0) is 6.92 Å². The SMILES string of the molecule is Cc1nc(Cl)cc(N(C)c2ncc(OC=O)s2)n1. The van der Waals surface area contributed by atoms with Crippen LogP contribution in [0.2, 0.25) is 5.15 Å². The average molecular weight is 285 g/mol. The molecule has 0 bridgehead atoms. The maximum Gasteiger partial charge on any atom is 0.299 e. The van der Waals surface area contributed by atoms with Gasteiger partial charge >= 0.3 is 0 Å². The summed E-state index contributed by atoms with van der Waals surface area (Å²) in [5, 5.41) is 1.43. The van der Waals surface area contributed by atoms with Gasteiger partial charge in [-0.3, -0.25) is 4.79 Å². The van der Waals surface area contributed by atoms with Crippen LogP contribution in [-0.4, -0.2) is 28.5 Å². The lowest BCUT2D eigenvalue weighted by Gasteiger charge is -2.14. The van der Waals surface area contributed by atoms with E-state index in [2.05, 4.69) is 15.0 Å². The highest BCUT2D eigenvalue weighted by Crippen LogP contribution is 2.31. The number of hydrogen-bond donors (Lipinski definition) is 0. The Kier molecular flexibility index (Phi) is 3.73. The van der Waals surface area contributed by atoms with Crippen LogP contribution in [0.5, 0.6) is 5.06 Å². The molecule has 94 valence electrons. The van der Waals surface area contributed by atoms with Crippen LogP contribution in [-0.2, 0) is 4.79 Å². The fourth-order valence-electron chi connectivity index (χ4n) is 1.29. The topological polar surface area (TPSA) is 68.2 Å². The normalized spacial score (nSPS) is 10.2. The van der Waals surface area contributed by atoms with Crippen LogP contribution in [0.15, 0.2) is 12.3 Å². The van der Waals surface area contributed by atoms with Gasteiger partial charge in [0.2, 0.25) is 5.06 Å². The minimum atomic E-state index is 0.364. The Bertz CT molecular complexity index is 555. The second-order valence-corrected chi connectivity index (χ2v) is 4.69. The molecule has 0 spiro atoms. The second-order valence-electron chi connectivity index (χ2n) is 3.33. The van der Waals surface area contributed by atoms with Gasteiger partial charge in [-0.2, -0.15) is 0 Å². The smallest absolute Gasteiger partial charge is 0.299 e. The van der Waals surface area contributed by atoms with Gasteiger partial charge < -0.3 is 9.64 Å². The first kappa shape index (κ1) is 12.7. The number of aryl methyl sites for hydroxylation is 1. The highest BCUT2D eigenvalue weighted by atomic mass is 35.5. The molecule has 2 heterocycles. The van der Waals surface area contributed by atoms with E-state index in [0.717, 1.165) is 0 Å². The molecule has 0 N–H and O–H groups in total. The summed E-state index contributed by atoms with van der Waals surface area (Å²) in [4.78, 5) is 24.3. The Morgan fingerprint density at radius 3 is 2.94 bits per heavy atom. The van der Waals surface area contributed by atoms with E-state index in [-0.39, 0.29) is 0 Å². The molecule has 2 rings (SSSR count). The summed E-state index contributed by atoms with van der Waals surface area (Å²) < 4.78 is 4.71. The number of thiazole rings is 1. The number of hydrogen-bond acceptors (Lipinski definition) is 7. The quantitative estimate of drug-likeness (QED) is 0.633. The molecular formula is C10H9ClN4O2S. The highest BCUT2D eigenvalue weighted by molar-refractivity contribution is 7.17. The molecule has 0 aromatic carbocycles. The number of rotatable bonds is 4. The Labute approximate surface area is 112 Å². The average Bonchev–Trinajstić information content (AvgIpc) is 2.76. The Morgan fingerprint density at radius 2 is 2.28 bits per heavy atom. The third kappa shape index (κ3) is 2.74. The summed E-state index contributed by atoms with van der Waals surface area (Å²) in [6.07, 6.45) is 1.47. The van der Waals surface area contributed by atoms with Gasteiger partial charge in [0.15, 0.2) is 5.13 Å². The van der Waals surface area contributed by atoms with Crippen LogP contribution in [0, 0.1) is 6.92 Å². The van der Waals surface area contributed by atoms with Crippen molar-refractivity contribution in [2.24, 2.45) is 0 Å². The first-order valence-electron chi connectivity index (χ1n) is 4.91. The minimum Gasteiger partial charge on any atom is -0.416 e. The van der Waals surface area contributed by atoms with Gasteiger partial charge in [-0.1, -0.05) is 22.9 Å². The maximum atomic E-state index is 10.2. The summed E-state index contributed by atoms with van der Waals surface area (Å²) in [5.41, 5.74) is 0. The van der Waals surface area contributed by atoms with Crippen molar-refractivity contribution in [2.45, 2.75) is 6.92 Å². The summed E-state index contributed by atoms with van der Waals surface area (Å²) >= 11 is 7.10. The van der Waals surface area contributed by atoms with E-state index >= 15 is 0 Å². The van der Waals surface area contributed by atoms with Gasteiger partial charge in [0.1, 0.15) is 16.8 Å². The van der Waals surface area contributed by atoms with Gasteiger partial charge in [-0.25, -0.2) is 15.0 Å². The monoisotopic (exact) mass is 284 g/mol. The zero-order valence-corrected chi connectivity index (χ0v) is 11.2. The molecule has 0 saturated carbocycles. The van der Waals surface area contributed by atoms with E-state index in [0.29, 0.717) is 33.5 Å². The lowest BCUT2D eigenvalue weighted by molar-refractivity contribution is -0.120. The van der Waals surface area contributed by atoms with E-state index in [4.69, 9.17) is 16.3 Å². The van der Waals surface area contributed by atoms with Crippen LogP contribution < -0.4 is 9.64 Å². The molecule has 0 amide bonds. The summed E-state index contributed by atoms with van der Waals surface area (Å²) in [6, 6.07) is 1.64. The molecule has 0 atom stereocenters. The zero-order chi connectivity index (χ0) is 13.1. The van der Waals surface area contributed by atoms with Crippen LogP contribution in [0.3, 0.4) is 0 Å². The number of halogens is 1. The number of carbonyl (C=O) groups excluding carboxylic acids is 1. The van der Waals surface area contributed by atoms with Crippen molar-refractivity contribution < 1.29 is 9.53 Å². The fraction of sp³-hybridized carbons (Fsp3) is 0.200. The molecule has 18 heavy (non-hydrogen) atoms. The number of aromatic nitrogens is 3. The number of anilines is 2. The molecule has 0 saturated heterocycles. The van der Waals surface area contributed by atoms with Crippen molar-refractivity contribution in [3.05, 3.63) is 23.2 Å². The third-order valence-corrected chi connectivity index (χ3v) is 3.22. The lowest BCUT2D eigenvalue weighted by Crippen LogP contribution is -2.11. The van der Waals surface area contributed by atoms with Crippen LogP contribution in [0.4, 0.5) is 10.9 Å². The van der Waals surface area contributed by atoms with Crippen LogP contribution in [0.1, 0.15) is 5.82 Å². The first-order chi connectivity index (χ1) is 8.60. The van der Waals surface area contributed by atoms with E-state index < -0.39 is 0 Å². The zero-order valence-electron chi connectivity index (χ0n) is 9.62. The standard InChI is InChI=1S/C10H9ClN4O2S/c1-6-13-7(11)3-8(14-6)15(2)10-12-4-9(18-10)17-5-16/h3-5H,1-2H3. The summed E-state index contributed by atoms with van der Waals surface area (Å²) in [6.45, 7) is 2.12. The molecule has 0 aliphatic rings. The molecule has 2 aromatic heterocycles. The fourth-order valence-corrected chi connectivity index (χ4v) is 2.22. The highest BCUT2D eigenvalue weighted by Gasteiger charge is 2.12. The molecule has 0 radical (unpaired) electrons. The molecule has 0 fully saturated rings. The van der Waals surface area contributed by atoms with Crippen LogP contribution >= 0.6 is 22.9 Å². The second kappa shape index (κ2) is 5.28. The minimum absolute atomic E-state index is 0.364. The third-order valence-electron chi connectivity index (χ3n) is 2.06. The van der Waals surface area contributed by atoms with Crippen molar-refractivity contribution in [1.29, 1.82) is 0 Å². The van der Waals surface area contributed by atoms with E-state index in [1.165, 1.54) is 17.5 Å². The molecule has 0 aliphatic carbocycles. The predicted molar refractivity (Wildman–Crippen MR) is 68.6 cm³/mol. The number of ether oxygens (including phenoxy) is 1. The molecule has 0 unspecified atom stereocenters. The largest absolute Gasteiger partial charge is 0.416 e. The molecular weight excluding hydrogens is 276 g/mol. The molecule has 8 heteroatoms. The van der Waals surface area contributed by atoms with E-state index in [1.807, 2.05) is 0 Å². The van der Waals surface area contributed by atoms with Crippen molar-refractivity contribution in [2.75, 3.05) is 11.9 Å². The summed E-state index contributed by atoms with van der Waals surface area (Å²) in [7, 11) is 1.79. The van der Waals surface area contributed by atoms with Crippen molar-refractivity contribution in [1.82, 2.24) is 15.0 Å². The van der Waals surface area contributed by atoms with Gasteiger partial charge in [0, 0.05) is 13.1 Å². The molecule has 0 aliphatic heterocycles. The number of nitrogens with zero attached hydrogens (tertiary/aromatic N) is 4. The Balaban J connectivity index is 2.28. The van der Waals surface area contributed by atoms with Crippen molar-refractivity contribution in [3.8, 4) is 5.06 Å². The van der Waals surface area contributed by atoms with E-state index in [9.17, 15) is 4.79 Å². The number of carbonyl (C=O) groups is 1. The van der Waals surface area contributed by atoms with Crippen molar-refractivity contribution in [3.63, 3.8) is 0 Å². The van der Waals surface area contributed by atoms with Gasteiger partial charge in [0.25, 0.3) is 6.47 Å². The van der Waals surface area contributed by atoms with Gasteiger partial charge in [0.05, 0.1) is 6.20 Å². The van der Waals surface area contributed by atoms with E-state index in [1.54, 1.807) is 24.9 Å². The Morgan fingerprint density at radius 1 is 1.50 bits per heavy atom. The van der Waals surface area contributed by atoms with Gasteiger partial charge in [-0.15, -0.1) is 0 Å². The Hall–Kier alpha value is -1.73.